The van der Waals surface area contributed by atoms with Crippen molar-refractivity contribution in [2.24, 2.45) is 11.8 Å². The van der Waals surface area contributed by atoms with E-state index in [1.807, 2.05) is 36.4 Å². The normalized spacial score (nSPS) is 20.2. The third-order valence-electron chi connectivity index (χ3n) is 6.40. The lowest BCUT2D eigenvalue weighted by molar-refractivity contribution is 0.145. The molecule has 0 saturated heterocycles. The minimum absolute atomic E-state index is 0.158. The first kappa shape index (κ1) is 22.0. The fraction of sp³-hybridized carbons (Fsp3) is 0.440. The number of hydrogen-bond donors (Lipinski definition) is 0. The van der Waals surface area contributed by atoms with E-state index in [1.54, 1.807) is 6.07 Å². The lowest BCUT2D eigenvalue weighted by Crippen LogP contribution is -2.30. The second-order valence-electron chi connectivity index (χ2n) is 8.81. The highest BCUT2D eigenvalue weighted by Crippen LogP contribution is 2.40. The Morgan fingerprint density at radius 1 is 1.10 bits per heavy atom. The van der Waals surface area contributed by atoms with Gasteiger partial charge in [-0.1, -0.05) is 53.9 Å². The zero-order valence-corrected chi connectivity index (χ0v) is 18.9. The molecule has 1 aliphatic rings. The maximum Gasteiger partial charge on any atom is 0.226 e. The van der Waals surface area contributed by atoms with Crippen LogP contribution in [-0.4, -0.2) is 29.1 Å². The molecule has 4 nitrogen and oxygen atoms in total. The van der Waals surface area contributed by atoms with Crippen LogP contribution in [0.4, 0.5) is 4.39 Å². The molecule has 0 bridgehead atoms. The van der Waals surface area contributed by atoms with Crippen molar-refractivity contribution in [2.45, 2.75) is 44.6 Å². The molecule has 164 valence electrons. The zero-order valence-electron chi connectivity index (χ0n) is 18.1. The maximum absolute atomic E-state index is 13.8. The first-order chi connectivity index (χ1) is 15.0. The molecule has 0 spiro atoms. The van der Waals surface area contributed by atoms with Crippen LogP contribution in [0.25, 0.3) is 11.4 Å². The lowest BCUT2D eigenvalue weighted by atomic mass is 9.75. The summed E-state index contributed by atoms with van der Waals surface area (Å²) in [6, 6.07) is 14.8. The molecule has 1 aromatic heterocycles. The largest absolute Gasteiger partial charge is 0.339 e. The van der Waals surface area contributed by atoms with E-state index in [9.17, 15) is 4.39 Å². The van der Waals surface area contributed by atoms with Crippen molar-refractivity contribution in [1.29, 1.82) is 0 Å². The Morgan fingerprint density at radius 3 is 2.58 bits per heavy atom. The molecule has 1 aliphatic carbocycles. The highest BCUT2D eigenvalue weighted by Gasteiger charge is 2.30. The molecule has 31 heavy (non-hydrogen) atoms. The van der Waals surface area contributed by atoms with Gasteiger partial charge in [-0.15, -0.1) is 0 Å². The summed E-state index contributed by atoms with van der Waals surface area (Å²) in [6.07, 6.45) is 6.52. The lowest BCUT2D eigenvalue weighted by Gasteiger charge is -2.37. The van der Waals surface area contributed by atoms with Crippen molar-refractivity contribution in [2.75, 3.05) is 14.1 Å². The third kappa shape index (κ3) is 5.52. The fourth-order valence-corrected chi connectivity index (χ4v) is 5.09. The van der Waals surface area contributed by atoms with Gasteiger partial charge < -0.3 is 9.42 Å². The van der Waals surface area contributed by atoms with Gasteiger partial charge in [-0.25, -0.2) is 4.39 Å². The SMILES string of the molecule is CN(C)C(c1cccc(F)c1)C1CCC(CCc2nc(-c3cccc(Cl)c3)no2)CC1. The van der Waals surface area contributed by atoms with Crippen LogP contribution in [0.1, 0.15) is 49.6 Å². The smallest absolute Gasteiger partial charge is 0.226 e. The van der Waals surface area contributed by atoms with Crippen molar-refractivity contribution in [3.63, 3.8) is 0 Å². The Kier molecular flexibility index (Phi) is 7.03. The van der Waals surface area contributed by atoms with Gasteiger partial charge in [0.2, 0.25) is 11.7 Å². The molecule has 3 aromatic rings. The summed E-state index contributed by atoms with van der Waals surface area (Å²) < 4.78 is 19.2. The second-order valence-corrected chi connectivity index (χ2v) is 9.24. The monoisotopic (exact) mass is 441 g/mol. The molecule has 0 radical (unpaired) electrons. The third-order valence-corrected chi connectivity index (χ3v) is 6.64. The number of nitrogens with zero attached hydrogens (tertiary/aromatic N) is 3. The summed E-state index contributed by atoms with van der Waals surface area (Å²) in [5, 5.41) is 4.77. The minimum Gasteiger partial charge on any atom is -0.339 e. The Morgan fingerprint density at radius 2 is 1.87 bits per heavy atom. The Balaban J connectivity index is 1.31. The van der Waals surface area contributed by atoms with Gasteiger partial charge in [-0.2, -0.15) is 4.98 Å². The van der Waals surface area contributed by atoms with E-state index in [4.69, 9.17) is 16.1 Å². The minimum atomic E-state index is -0.158. The Labute approximate surface area is 188 Å². The maximum atomic E-state index is 13.8. The molecule has 1 heterocycles. The van der Waals surface area contributed by atoms with E-state index < -0.39 is 0 Å². The molecule has 6 heteroatoms. The average molecular weight is 442 g/mol. The fourth-order valence-electron chi connectivity index (χ4n) is 4.90. The van der Waals surface area contributed by atoms with E-state index in [0.717, 1.165) is 36.8 Å². The van der Waals surface area contributed by atoms with Crippen molar-refractivity contribution in [3.05, 3.63) is 70.8 Å². The molecule has 2 aromatic carbocycles. The number of benzene rings is 2. The van der Waals surface area contributed by atoms with Crippen LogP contribution in [0.2, 0.25) is 5.02 Å². The molecule has 4 rings (SSSR count). The molecule has 1 saturated carbocycles. The van der Waals surface area contributed by atoms with Gasteiger partial charge in [0.25, 0.3) is 0 Å². The molecule has 1 fully saturated rings. The zero-order chi connectivity index (χ0) is 21.8. The van der Waals surface area contributed by atoms with Crippen LogP contribution in [0.5, 0.6) is 0 Å². The number of hydrogen-bond acceptors (Lipinski definition) is 4. The van der Waals surface area contributed by atoms with Gasteiger partial charge in [0.15, 0.2) is 0 Å². The molecular weight excluding hydrogens is 413 g/mol. The molecule has 0 N–H and O–H groups in total. The van der Waals surface area contributed by atoms with Crippen molar-refractivity contribution in [3.8, 4) is 11.4 Å². The van der Waals surface area contributed by atoms with E-state index in [1.165, 1.54) is 18.9 Å². The first-order valence-corrected chi connectivity index (χ1v) is 11.4. The summed E-state index contributed by atoms with van der Waals surface area (Å²) >= 11 is 6.06. The van der Waals surface area contributed by atoms with Crippen LogP contribution >= 0.6 is 11.6 Å². The number of aryl methyl sites for hydroxylation is 1. The van der Waals surface area contributed by atoms with Crippen LogP contribution in [0.15, 0.2) is 53.1 Å². The van der Waals surface area contributed by atoms with Gasteiger partial charge in [-0.3, -0.25) is 0 Å². The van der Waals surface area contributed by atoms with Crippen molar-refractivity contribution < 1.29 is 8.91 Å². The van der Waals surface area contributed by atoms with Gasteiger partial charge >= 0.3 is 0 Å². The highest BCUT2D eigenvalue weighted by atomic mass is 35.5. The van der Waals surface area contributed by atoms with E-state index >= 15 is 0 Å². The summed E-state index contributed by atoms with van der Waals surface area (Å²) in [4.78, 5) is 6.77. The summed E-state index contributed by atoms with van der Waals surface area (Å²) in [7, 11) is 4.18. The van der Waals surface area contributed by atoms with Gasteiger partial charge in [0, 0.05) is 23.0 Å². The number of halogens is 2. The standard InChI is InChI=1S/C25H29ClFN3O/c1-30(2)24(19-5-4-8-22(27)16-19)18-12-9-17(10-13-18)11-14-23-28-25(29-31-23)20-6-3-7-21(26)15-20/h3-8,15-18,24H,9-14H2,1-2H3. The molecular formula is C25H29ClFN3O. The molecule has 1 atom stereocenters. The number of aromatic nitrogens is 2. The molecule has 1 unspecified atom stereocenters. The summed E-state index contributed by atoms with van der Waals surface area (Å²) in [6.45, 7) is 0. The van der Waals surface area contributed by atoms with E-state index in [0.29, 0.717) is 28.6 Å². The first-order valence-electron chi connectivity index (χ1n) is 11.0. The molecule has 0 aliphatic heterocycles. The quantitative estimate of drug-likeness (QED) is 0.415. The van der Waals surface area contributed by atoms with Crippen LogP contribution in [0, 0.1) is 17.7 Å². The predicted molar refractivity (Wildman–Crippen MR) is 121 cm³/mol. The van der Waals surface area contributed by atoms with Crippen LogP contribution in [0.3, 0.4) is 0 Å². The van der Waals surface area contributed by atoms with Gasteiger partial charge in [-0.05, 0) is 75.0 Å². The van der Waals surface area contributed by atoms with Gasteiger partial charge in [0.05, 0.1) is 0 Å². The predicted octanol–water partition coefficient (Wildman–Crippen LogP) is 6.57. The highest BCUT2D eigenvalue weighted by molar-refractivity contribution is 6.30. The summed E-state index contributed by atoms with van der Waals surface area (Å²) in [5.41, 5.74) is 1.95. The second kappa shape index (κ2) is 9.92. The van der Waals surface area contributed by atoms with Crippen LogP contribution < -0.4 is 0 Å². The molecule has 0 amide bonds. The van der Waals surface area contributed by atoms with Crippen LogP contribution in [-0.2, 0) is 6.42 Å². The Bertz CT molecular complexity index is 998. The summed E-state index contributed by atoms with van der Waals surface area (Å²) in [5.74, 6) is 2.32. The van der Waals surface area contributed by atoms with Crippen molar-refractivity contribution in [1.82, 2.24) is 15.0 Å². The average Bonchev–Trinajstić information content (AvgIpc) is 3.22. The van der Waals surface area contributed by atoms with E-state index in [2.05, 4.69) is 29.1 Å². The van der Waals surface area contributed by atoms with Gasteiger partial charge in [0.1, 0.15) is 5.82 Å². The van der Waals surface area contributed by atoms with E-state index in [-0.39, 0.29) is 11.9 Å². The van der Waals surface area contributed by atoms with Crippen molar-refractivity contribution >= 4 is 11.6 Å². The Hall–Kier alpha value is -2.24. The topological polar surface area (TPSA) is 42.2 Å². The number of rotatable bonds is 7.